The van der Waals surface area contributed by atoms with Gasteiger partial charge in [0.05, 0.1) is 11.2 Å². The van der Waals surface area contributed by atoms with Crippen molar-refractivity contribution in [1.29, 1.82) is 0 Å². The number of aryl methyl sites for hydroxylation is 1. The summed E-state index contributed by atoms with van der Waals surface area (Å²) in [6.45, 7) is 9.70. The second-order valence-electron chi connectivity index (χ2n) is 6.71. The molecule has 0 spiro atoms. The predicted molar refractivity (Wildman–Crippen MR) is 85.5 cm³/mol. The van der Waals surface area contributed by atoms with Crippen molar-refractivity contribution < 1.29 is 18.1 Å². The van der Waals surface area contributed by atoms with E-state index in [-0.39, 0.29) is 5.56 Å². The quantitative estimate of drug-likeness (QED) is 0.759. The van der Waals surface area contributed by atoms with Gasteiger partial charge in [0.25, 0.3) is 0 Å². The Kier molecular flexibility index (Phi) is 4.78. The van der Waals surface area contributed by atoms with Gasteiger partial charge in [0.1, 0.15) is 11.6 Å². The molecule has 22 heavy (non-hydrogen) atoms. The molecule has 5 heteroatoms. The van der Waals surface area contributed by atoms with Crippen molar-refractivity contribution >= 4 is 13.2 Å². The molecule has 0 radical (unpaired) electrons. The summed E-state index contributed by atoms with van der Waals surface area (Å²) in [5, 5.41) is 0. The van der Waals surface area contributed by atoms with Gasteiger partial charge in [0.15, 0.2) is 0 Å². The highest BCUT2D eigenvalue weighted by Crippen LogP contribution is 2.37. The average Bonchev–Trinajstić information content (AvgIpc) is 2.57. The van der Waals surface area contributed by atoms with Crippen molar-refractivity contribution in [2.75, 3.05) is 0 Å². The molecule has 0 saturated carbocycles. The van der Waals surface area contributed by atoms with E-state index in [1.54, 1.807) is 5.98 Å². The summed E-state index contributed by atoms with van der Waals surface area (Å²) in [4.78, 5) is 0. The molecule has 0 amide bonds. The van der Waals surface area contributed by atoms with Crippen LogP contribution in [0, 0.1) is 11.6 Å². The topological polar surface area (TPSA) is 18.5 Å². The Morgan fingerprint density at radius 1 is 1.05 bits per heavy atom. The fraction of sp³-hybridized carbons (Fsp3) is 0.529. The average molecular weight is 308 g/mol. The van der Waals surface area contributed by atoms with Gasteiger partial charge >= 0.3 is 7.12 Å². The maximum Gasteiger partial charge on any atom is 0.487 e. The van der Waals surface area contributed by atoms with E-state index in [0.29, 0.717) is 12.0 Å². The molecular formula is C17H23BF2O2. The normalized spacial score (nSPS) is 20.0. The molecule has 120 valence electrons. The van der Waals surface area contributed by atoms with E-state index in [2.05, 4.69) is 0 Å². The van der Waals surface area contributed by atoms with Gasteiger partial charge < -0.3 is 9.31 Å². The van der Waals surface area contributed by atoms with Crippen molar-refractivity contribution in [2.45, 2.75) is 58.7 Å². The summed E-state index contributed by atoms with van der Waals surface area (Å²) < 4.78 is 39.6. The first-order chi connectivity index (χ1) is 10.2. The lowest BCUT2D eigenvalue weighted by Crippen LogP contribution is -2.41. The molecule has 0 aromatic heterocycles. The van der Waals surface area contributed by atoms with Crippen LogP contribution in [-0.2, 0) is 15.7 Å². The first-order valence-electron chi connectivity index (χ1n) is 7.68. The second kappa shape index (κ2) is 6.13. The third-order valence-electron chi connectivity index (χ3n) is 4.37. The summed E-state index contributed by atoms with van der Waals surface area (Å²) >= 11 is 0. The van der Waals surface area contributed by atoms with Crippen LogP contribution in [0.4, 0.5) is 8.78 Å². The standard InChI is InChI=1S/C17H23BF2O2/c1-6-7-12-10-14(19)13(15(20)11-12)8-9-18-21-16(2,3)17(4,5)22-18/h8-11H,6-7H2,1-5H3/b9-8+. The molecule has 1 heterocycles. The number of benzene rings is 1. The Balaban J connectivity index is 2.18. The molecule has 1 aliphatic rings. The molecule has 0 atom stereocenters. The molecule has 1 aliphatic heterocycles. The van der Waals surface area contributed by atoms with Gasteiger partial charge in [-0.1, -0.05) is 25.4 Å². The van der Waals surface area contributed by atoms with E-state index in [1.807, 2.05) is 34.6 Å². The van der Waals surface area contributed by atoms with Gasteiger partial charge in [0, 0.05) is 5.56 Å². The van der Waals surface area contributed by atoms with Crippen LogP contribution in [0.1, 0.15) is 52.2 Å². The maximum atomic E-state index is 14.0. The molecule has 2 nitrogen and oxygen atoms in total. The van der Waals surface area contributed by atoms with Gasteiger partial charge in [0.2, 0.25) is 0 Å². The summed E-state index contributed by atoms with van der Waals surface area (Å²) in [5.41, 5.74) is -0.325. The van der Waals surface area contributed by atoms with E-state index in [4.69, 9.17) is 9.31 Å². The fourth-order valence-corrected chi connectivity index (χ4v) is 2.37. The van der Waals surface area contributed by atoms with Crippen LogP contribution in [0.15, 0.2) is 18.1 Å². The van der Waals surface area contributed by atoms with Crippen LogP contribution in [0.25, 0.3) is 6.08 Å². The number of halogens is 2. The van der Waals surface area contributed by atoms with Crippen molar-refractivity contribution in [3.05, 3.63) is 40.9 Å². The third-order valence-corrected chi connectivity index (χ3v) is 4.37. The van der Waals surface area contributed by atoms with Gasteiger partial charge in [-0.15, -0.1) is 0 Å². The highest BCUT2D eigenvalue weighted by atomic mass is 19.1. The SMILES string of the molecule is CCCc1cc(F)c(/C=C/B2OC(C)(C)C(C)(C)O2)c(F)c1. The Morgan fingerprint density at radius 3 is 2.00 bits per heavy atom. The zero-order valence-electron chi connectivity index (χ0n) is 13.9. The summed E-state index contributed by atoms with van der Waals surface area (Å²) in [6.07, 6.45) is 2.90. The minimum Gasteiger partial charge on any atom is -0.400 e. The maximum absolute atomic E-state index is 14.0. The zero-order chi connectivity index (χ0) is 16.5. The van der Waals surface area contributed by atoms with Crippen LogP contribution >= 0.6 is 0 Å². The largest absolute Gasteiger partial charge is 0.487 e. The van der Waals surface area contributed by atoms with Crippen LogP contribution in [0.2, 0.25) is 0 Å². The lowest BCUT2D eigenvalue weighted by atomic mass is 9.89. The third kappa shape index (κ3) is 3.41. The highest BCUT2D eigenvalue weighted by Gasteiger charge is 2.50. The zero-order valence-corrected chi connectivity index (χ0v) is 13.9. The Labute approximate surface area is 131 Å². The van der Waals surface area contributed by atoms with Gasteiger partial charge in [-0.3, -0.25) is 0 Å². The number of rotatable bonds is 4. The minimum atomic E-state index is -0.612. The fourth-order valence-electron chi connectivity index (χ4n) is 2.37. The van der Waals surface area contributed by atoms with E-state index in [1.165, 1.54) is 18.2 Å². The molecular weight excluding hydrogens is 285 g/mol. The van der Waals surface area contributed by atoms with Crippen LogP contribution in [-0.4, -0.2) is 18.3 Å². The van der Waals surface area contributed by atoms with E-state index >= 15 is 0 Å². The Morgan fingerprint density at radius 2 is 1.55 bits per heavy atom. The van der Waals surface area contributed by atoms with Gasteiger partial charge in [-0.25, -0.2) is 8.78 Å². The lowest BCUT2D eigenvalue weighted by Gasteiger charge is -2.32. The molecule has 0 N–H and O–H groups in total. The van der Waals surface area contributed by atoms with Crippen molar-refractivity contribution in [3.63, 3.8) is 0 Å². The predicted octanol–water partition coefficient (Wildman–Crippen LogP) is 4.56. The summed E-state index contributed by atoms with van der Waals surface area (Å²) in [5.74, 6) is 0.435. The van der Waals surface area contributed by atoms with Crippen molar-refractivity contribution in [1.82, 2.24) is 0 Å². The molecule has 1 aromatic carbocycles. The van der Waals surface area contributed by atoms with Crippen molar-refractivity contribution in [2.24, 2.45) is 0 Å². The van der Waals surface area contributed by atoms with Crippen molar-refractivity contribution in [3.8, 4) is 0 Å². The molecule has 0 unspecified atom stereocenters. The highest BCUT2D eigenvalue weighted by molar-refractivity contribution is 6.52. The van der Waals surface area contributed by atoms with Crippen LogP contribution in [0.3, 0.4) is 0 Å². The van der Waals surface area contributed by atoms with E-state index in [9.17, 15) is 8.78 Å². The molecule has 2 rings (SSSR count). The van der Waals surface area contributed by atoms with Crippen LogP contribution in [0.5, 0.6) is 0 Å². The molecule has 1 saturated heterocycles. The molecule has 0 bridgehead atoms. The number of hydrogen-bond donors (Lipinski definition) is 0. The Bertz CT molecular complexity index is 543. The molecule has 1 fully saturated rings. The van der Waals surface area contributed by atoms with Crippen LogP contribution < -0.4 is 0 Å². The molecule has 1 aromatic rings. The minimum absolute atomic E-state index is 0.0606. The smallest absolute Gasteiger partial charge is 0.400 e. The second-order valence-corrected chi connectivity index (χ2v) is 6.71. The summed E-state index contributed by atoms with van der Waals surface area (Å²) in [6, 6.07) is 2.77. The Hall–Kier alpha value is -1.20. The lowest BCUT2D eigenvalue weighted by molar-refractivity contribution is 0.00578. The first kappa shape index (κ1) is 17.2. The van der Waals surface area contributed by atoms with E-state index in [0.717, 1.165) is 6.42 Å². The summed E-state index contributed by atoms with van der Waals surface area (Å²) in [7, 11) is -0.612. The van der Waals surface area contributed by atoms with Gasteiger partial charge in [-0.05, 0) is 51.8 Å². The monoisotopic (exact) mass is 308 g/mol. The van der Waals surface area contributed by atoms with E-state index < -0.39 is 30.0 Å². The first-order valence-corrected chi connectivity index (χ1v) is 7.68. The molecule has 0 aliphatic carbocycles. The van der Waals surface area contributed by atoms with Gasteiger partial charge in [-0.2, -0.15) is 0 Å². The number of hydrogen-bond acceptors (Lipinski definition) is 2.